The summed E-state index contributed by atoms with van der Waals surface area (Å²) in [4.78, 5) is 0. The monoisotopic (exact) mass is 228 g/mol. The van der Waals surface area contributed by atoms with Crippen LogP contribution in [-0.4, -0.2) is 13.2 Å². The second-order valence-electron chi connectivity index (χ2n) is 6.33. The van der Waals surface area contributed by atoms with Gasteiger partial charge in [0.1, 0.15) is 0 Å². The average Bonchev–Trinajstić information content (AvgIpc) is 2.24. The van der Waals surface area contributed by atoms with Crippen molar-refractivity contribution in [1.82, 2.24) is 0 Å². The molecular weight excluding hydrogens is 196 g/mol. The number of hydrogen-bond acceptors (Lipinski definition) is 1. The van der Waals surface area contributed by atoms with Crippen LogP contribution in [0.1, 0.15) is 73.6 Å². The maximum Gasteiger partial charge on any atom is 0.0596 e. The van der Waals surface area contributed by atoms with E-state index in [4.69, 9.17) is 4.74 Å². The third kappa shape index (κ3) is 4.86. The lowest BCUT2D eigenvalue weighted by Gasteiger charge is -2.40. The molecule has 0 rings (SSSR count). The summed E-state index contributed by atoms with van der Waals surface area (Å²) in [6.45, 7) is 13.9. The highest BCUT2D eigenvalue weighted by Crippen LogP contribution is 2.42. The molecule has 0 aliphatic carbocycles. The lowest BCUT2D eigenvalue weighted by Crippen LogP contribution is -2.35. The molecule has 0 aliphatic heterocycles. The fourth-order valence-electron chi connectivity index (χ4n) is 2.68. The number of methoxy groups -OCH3 is 1. The van der Waals surface area contributed by atoms with Crippen LogP contribution in [0.25, 0.3) is 0 Å². The maximum atomic E-state index is 5.56. The largest absolute Gasteiger partial charge is 0.381 e. The molecule has 2 atom stereocenters. The van der Waals surface area contributed by atoms with Crippen molar-refractivity contribution in [2.45, 2.75) is 79.8 Å². The van der Waals surface area contributed by atoms with Crippen LogP contribution in [0.3, 0.4) is 0 Å². The SMILES string of the molecule is CCCCC(C)(C)CC(C)(CC)C(C)OC. The molecule has 0 heterocycles. The van der Waals surface area contributed by atoms with Crippen molar-refractivity contribution < 1.29 is 4.74 Å². The first-order valence-corrected chi connectivity index (χ1v) is 6.84. The topological polar surface area (TPSA) is 9.23 Å². The van der Waals surface area contributed by atoms with Gasteiger partial charge in [-0.1, -0.05) is 47.5 Å². The molecule has 2 unspecified atom stereocenters. The zero-order valence-corrected chi connectivity index (χ0v) is 12.5. The summed E-state index contributed by atoms with van der Waals surface area (Å²) in [6, 6.07) is 0. The van der Waals surface area contributed by atoms with E-state index in [1.807, 2.05) is 7.11 Å². The van der Waals surface area contributed by atoms with Crippen LogP contribution in [0.2, 0.25) is 0 Å². The van der Waals surface area contributed by atoms with Gasteiger partial charge in [-0.3, -0.25) is 0 Å². The molecule has 0 amide bonds. The minimum Gasteiger partial charge on any atom is -0.381 e. The summed E-state index contributed by atoms with van der Waals surface area (Å²) in [5, 5.41) is 0. The van der Waals surface area contributed by atoms with Gasteiger partial charge in [-0.2, -0.15) is 0 Å². The van der Waals surface area contributed by atoms with Gasteiger partial charge in [-0.15, -0.1) is 0 Å². The standard InChI is InChI=1S/C15H32O/c1-8-10-11-14(4,5)12-15(6,9-2)13(3)16-7/h13H,8-12H2,1-7H3. The van der Waals surface area contributed by atoms with Gasteiger partial charge in [0.05, 0.1) is 6.10 Å². The van der Waals surface area contributed by atoms with E-state index in [0.717, 1.165) is 0 Å². The second-order valence-corrected chi connectivity index (χ2v) is 6.33. The van der Waals surface area contributed by atoms with E-state index in [9.17, 15) is 0 Å². The second kappa shape index (κ2) is 6.64. The van der Waals surface area contributed by atoms with E-state index in [2.05, 4.69) is 41.5 Å². The quantitative estimate of drug-likeness (QED) is 0.565. The maximum absolute atomic E-state index is 5.56. The lowest BCUT2D eigenvalue weighted by atomic mass is 9.68. The van der Waals surface area contributed by atoms with Crippen molar-refractivity contribution in [2.24, 2.45) is 10.8 Å². The minimum absolute atomic E-state index is 0.311. The van der Waals surface area contributed by atoms with E-state index in [1.54, 1.807) is 0 Å². The Morgan fingerprint density at radius 2 is 1.69 bits per heavy atom. The molecule has 1 nitrogen and oxygen atoms in total. The molecule has 0 saturated carbocycles. The van der Waals surface area contributed by atoms with Crippen LogP contribution < -0.4 is 0 Å². The number of ether oxygens (including phenoxy) is 1. The molecule has 1 heteroatoms. The highest BCUT2D eigenvalue weighted by atomic mass is 16.5. The molecule has 16 heavy (non-hydrogen) atoms. The first-order chi connectivity index (χ1) is 7.31. The van der Waals surface area contributed by atoms with Gasteiger partial charge in [0.2, 0.25) is 0 Å². The van der Waals surface area contributed by atoms with Crippen molar-refractivity contribution in [1.29, 1.82) is 0 Å². The van der Waals surface area contributed by atoms with Gasteiger partial charge < -0.3 is 4.74 Å². The molecule has 0 fully saturated rings. The number of rotatable bonds is 8. The van der Waals surface area contributed by atoms with Crippen LogP contribution in [0.4, 0.5) is 0 Å². The van der Waals surface area contributed by atoms with E-state index in [0.29, 0.717) is 16.9 Å². The predicted molar refractivity (Wildman–Crippen MR) is 72.8 cm³/mol. The molecule has 0 N–H and O–H groups in total. The van der Waals surface area contributed by atoms with Crippen LogP contribution in [0.15, 0.2) is 0 Å². The van der Waals surface area contributed by atoms with Crippen molar-refractivity contribution in [3.05, 3.63) is 0 Å². The highest BCUT2D eigenvalue weighted by molar-refractivity contribution is 4.85. The van der Waals surface area contributed by atoms with Gasteiger partial charge in [0, 0.05) is 7.11 Å². The van der Waals surface area contributed by atoms with E-state index >= 15 is 0 Å². The summed E-state index contributed by atoms with van der Waals surface area (Å²) in [7, 11) is 1.83. The summed E-state index contributed by atoms with van der Waals surface area (Å²) in [5.41, 5.74) is 0.750. The lowest BCUT2D eigenvalue weighted by molar-refractivity contribution is -0.0193. The highest BCUT2D eigenvalue weighted by Gasteiger charge is 2.35. The minimum atomic E-state index is 0.311. The third-order valence-electron chi connectivity index (χ3n) is 4.23. The van der Waals surface area contributed by atoms with Crippen molar-refractivity contribution in [3.63, 3.8) is 0 Å². The Hall–Kier alpha value is -0.0400. The van der Waals surface area contributed by atoms with Gasteiger partial charge >= 0.3 is 0 Å². The first kappa shape index (κ1) is 16.0. The zero-order chi connectivity index (χ0) is 12.8. The fraction of sp³-hybridized carbons (Fsp3) is 1.00. The van der Waals surface area contributed by atoms with Gasteiger partial charge in [0.15, 0.2) is 0 Å². The number of unbranched alkanes of at least 4 members (excludes halogenated alkanes) is 1. The molecule has 0 radical (unpaired) electrons. The molecule has 0 aromatic carbocycles. The van der Waals surface area contributed by atoms with E-state index in [1.165, 1.54) is 32.1 Å². The normalized spacial score (nSPS) is 18.2. The molecule has 0 bridgehead atoms. The Balaban J connectivity index is 4.50. The predicted octanol–water partition coefficient (Wildman–Crippen LogP) is 5.04. The van der Waals surface area contributed by atoms with Crippen LogP contribution in [0.5, 0.6) is 0 Å². The molecule has 0 aromatic rings. The summed E-state index contributed by atoms with van der Waals surface area (Å²) >= 11 is 0. The number of hydrogen-bond donors (Lipinski definition) is 0. The van der Waals surface area contributed by atoms with Crippen LogP contribution >= 0.6 is 0 Å². The Bertz CT molecular complexity index is 186. The fourth-order valence-corrected chi connectivity index (χ4v) is 2.68. The summed E-state index contributed by atoms with van der Waals surface area (Å²) < 4.78 is 5.56. The van der Waals surface area contributed by atoms with E-state index < -0.39 is 0 Å². The molecule has 0 spiro atoms. The van der Waals surface area contributed by atoms with Crippen molar-refractivity contribution >= 4 is 0 Å². The Labute approximate surface area is 103 Å². The van der Waals surface area contributed by atoms with E-state index in [-0.39, 0.29) is 0 Å². The molecule has 0 aromatic heterocycles. The summed E-state index contributed by atoms with van der Waals surface area (Å²) in [6.07, 6.45) is 6.76. The zero-order valence-electron chi connectivity index (χ0n) is 12.5. The Morgan fingerprint density at radius 3 is 2.06 bits per heavy atom. The molecule has 0 saturated heterocycles. The average molecular weight is 228 g/mol. The Kier molecular flexibility index (Phi) is 6.62. The molecule has 0 aliphatic rings. The van der Waals surface area contributed by atoms with Crippen LogP contribution in [-0.2, 0) is 4.74 Å². The first-order valence-electron chi connectivity index (χ1n) is 6.84. The third-order valence-corrected chi connectivity index (χ3v) is 4.23. The Morgan fingerprint density at radius 1 is 1.12 bits per heavy atom. The smallest absolute Gasteiger partial charge is 0.0596 e. The van der Waals surface area contributed by atoms with Gasteiger partial charge in [-0.25, -0.2) is 0 Å². The summed E-state index contributed by atoms with van der Waals surface area (Å²) in [5.74, 6) is 0. The van der Waals surface area contributed by atoms with Gasteiger partial charge in [0.25, 0.3) is 0 Å². The van der Waals surface area contributed by atoms with Crippen molar-refractivity contribution in [2.75, 3.05) is 7.11 Å². The molecule has 98 valence electrons. The molecular formula is C15H32O. The van der Waals surface area contributed by atoms with Crippen molar-refractivity contribution in [3.8, 4) is 0 Å². The van der Waals surface area contributed by atoms with Gasteiger partial charge in [-0.05, 0) is 37.0 Å². The van der Waals surface area contributed by atoms with Crippen LogP contribution in [0, 0.1) is 10.8 Å².